The third-order valence-electron chi connectivity index (χ3n) is 4.44. The first kappa shape index (κ1) is 17.9. The van der Waals surface area contributed by atoms with E-state index in [9.17, 15) is 4.79 Å². The second kappa shape index (κ2) is 7.56. The molecule has 2 aromatic heterocycles. The second-order valence-corrected chi connectivity index (χ2v) is 6.58. The molecule has 0 aliphatic rings. The summed E-state index contributed by atoms with van der Waals surface area (Å²) in [5, 5.41) is 11.3. The van der Waals surface area contributed by atoms with Crippen LogP contribution in [0.2, 0.25) is 0 Å². The lowest BCUT2D eigenvalue weighted by molar-refractivity contribution is -0.120. The van der Waals surface area contributed by atoms with Crippen LogP contribution in [0.3, 0.4) is 0 Å². The highest BCUT2D eigenvalue weighted by Crippen LogP contribution is 2.14. The van der Waals surface area contributed by atoms with Gasteiger partial charge in [0.05, 0.1) is 23.5 Å². The normalized spacial score (nSPS) is 10.9. The van der Waals surface area contributed by atoms with Crippen LogP contribution >= 0.6 is 0 Å². The number of aryl methyl sites for hydroxylation is 4. The van der Waals surface area contributed by atoms with Crippen LogP contribution in [0.4, 0.5) is 0 Å². The molecule has 0 fully saturated rings. The molecule has 3 rings (SSSR count). The standard InChI is InChI=1S/C20H24N4O2/c1-13-11-14(2)24(22-13)18-7-5-17(6-8-18)9-10-21-20(25)12-19-15(3)23-26-16(19)4/h5-8,11H,9-10,12H2,1-4H3,(H,21,25). The number of nitrogens with one attached hydrogen (secondary N) is 1. The van der Waals surface area contributed by atoms with Gasteiger partial charge in [-0.2, -0.15) is 5.10 Å². The largest absolute Gasteiger partial charge is 0.361 e. The molecule has 0 aliphatic carbocycles. The van der Waals surface area contributed by atoms with E-state index >= 15 is 0 Å². The van der Waals surface area contributed by atoms with Crippen LogP contribution in [-0.2, 0) is 17.6 Å². The Hall–Kier alpha value is -2.89. The molecule has 6 heteroatoms. The Morgan fingerprint density at radius 1 is 1.15 bits per heavy atom. The van der Waals surface area contributed by atoms with E-state index < -0.39 is 0 Å². The molecule has 6 nitrogen and oxygen atoms in total. The highest BCUT2D eigenvalue weighted by molar-refractivity contribution is 5.79. The van der Waals surface area contributed by atoms with Crippen LogP contribution in [0.15, 0.2) is 34.9 Å². The van der Waals surface area contributed by atoms with Crippen LogP contribution in [0, 0.1) is 27.7 Å². The van der Waals surface area contributed by atoms with Crippen LogP contribution in [0.1, 0.15) is 34.0 Å². The molecule has 2 heterocycles. The molecule has 1 aromatic carbocycles. The van der Waals surface area contributed by atoms with Crippen LogP contribution in [0.25, 0.3) is 5.69 Å². The lowest BCUT2D eigenvalue weighted by Crippen LogP contribution is -2.27. The molecule has 3 aromatic rings. The Balaban J connectivity index is 1.52. The topological polar surface area (TPSA) is 73.0 Å². The van der Waals surface area contributed by atoms with Crippen molar-refractivity contribution in [3.63, 3.8) is 0 Å². The lowest BCUT2D eigenvalue weighted by atomic mass is 10.1. The van der Waals surface area contributed by atoms with Crippen molar-refractivity contribution in [2.75, 3.05) is 6.54 Å². The Morgan fingerprint density at radius 3 is 2.46 bits per heavy atom. The van der Waals surface area contributed by atoms with Crippen LogP contribution < -0.4 is 5.32 Å². The SMILES string of the molecule is Cc1cc(C)n(-c2ccc(CCNC(=O)Cc3c(C)noc3C)cc2)n1. The van der Waals surface area contributed by atoms with E-state index in [1.54, 1.807) is 0 Å². The molecule has 0 atom stereocenters. The Kier molecular flexibility index (Phi) is 5.21. The molecule has 0 aliphatic heterocycles. The monoisotopic (exact) mass is 352 g/mol. The molecule has 0 unspecified atom stereocenters. The van der Waals surface area contributed by atoms with Gasteiger partial charge in [-0.1, -0.05) is 17.3 Å². The Bertz CT molecular complexity index is 887. The van der Waals surface area contributed by atoms with Crippen LogP contribution in [0.5, 0.6) is 0 Å². The molecule has 26 heavy (non-hydrogen) atoms. The predicted molar refractivity (Wildman–Crippen MR) is 99.4 cm³/mol. The van der Waals surface area contributed by atoms with Gasteiger partial charge in [-0.25, -0.2) is 4.68 Å². The molecular formula is C20H24N4O2. The first-order chi connectivity index (χ1) is 12.4. The number of hydrogen-bond acceptors (Lipinski definition) is 4. The molecular weight excluding hydrogens is 328 g/mol. The molecule has 1 amide bonds. The summed E-state index contributed by atoms with van der Waals surface area (Å²) in [6, 6.07) is 10.3. The van der Waals surface area contributed by atoms with Gasteiger partial charge in [-0.05, 0) is 57.9 Å². The Labute approximate surface area is 153 Å². The maximum absolute atomic E-state index is 12.1. The first-order valence-corrected chi connectivity index (χ1v) is 8.75. The summed E-state index contributed by atoms with van der Waals surface area (Å²) in [4.78, 5) is 12.1. The Morgan fingerprint density at radius 2 is 1.88 bits per heavy atom. The number of hydrogen-bond donors (Lipinski definition) is 1. The number of nitrogens with zero attached hydrogens (tertiary/aromatic N) is 3. The summed E-state index contributed by atoms with van der Waals surface area (Å²) in [5.74, 6) is 0.691. The number of benzene rings is 1. The fourth-order valence-electron chi connectivity index (χ4n) is 3.02. The minimum Gasteiger partial charge on any atom is -0.361 e. The van der Waals surface area contributed by atoms with E-state index in [4.69, 9.17) is 4.52 Å². The second-order valence-electron chi connectivity index (χ2n) is 6.58. The van der Waals surface area contributed by atoms with Gasteiger partial charge in [0.15, 0.2) is 0 Å². The van der Waals surface area contributed by atoms with E-state index in [-0.39, 0.29) is 5.91 Å². The number of amides is 1. The van der Waals surface area contributed by atoms with Crippen molar-refractivity contribution < 1.29 is 9.32 Å². The van der Waals surface area contributed by atoms with Gasteiger partial charge in [0.25, 0.3) is 0 Å². The fourth-order valence-corrected chi connectivity index (χ4v) is 3.02. The minimum atomic E-state index is -0.0151. The summed E-state index contributed by atoms with van der Waals surface area (Å²) < 4.78 is 7.03. The number of carbonyl (C=O) groups is 1. The van der Waals surface area contributed by atoms with Crippen molar-refractivity contribution in [2.45, 2.75) is 40.5 Å². The van der Waals surface area contributed by atoms with Crippen molar-refractivity contribution in [1.29, 1.82) is 0 Å². The summed E-state index contributed by atoms with van der Waals surface area (Å²) >= 11 is 0. The van der Waals surface area contributed by atoms with Gasteiger partial charge >= 0.3 is 0 Å². The molecule has 0 saturated carbocycles. The molecule has 136 valence electrons. The van der Waals surface area contributed by atoms with Crippen molar-refractivity contribution in [3.05, 3.63) is 64.3 Å². The zero-order valence-corrected chi connectivity index (χ0v) is 15.7. The van der Waals surface area contributed by atoms with E-state index in [2.05, 4.69) is 45.9 Å². The molecule has 0 spiro atoms. The van der Waals surface area contributed by atoms with Crippen molar-refractivity contribution in [3.8, 4) is 5.69 Å². The first-order valence-electron chi connectivity index (χ1n) is 8.75. The van der Waals surface area contributed by atoms with Gasteiger partial charge in [0.2, 0.25) is 5.91 Å². The van der Waals surface area contributed by atoms with Crippen LogP contribution in [-0.4, -0.2) is 27.4 Å². The maximum Gasteiger partial charge on any atom is 0.224 e. The third-order valence-corrected chi connectivity index (χ3v) is 4.44. The summed E-state index contributed by atoms with van der Waals surface area (Å²) in [6.07, 6.45) is 1.09. The predicted octanol–water partition coefficient (Wildman–Crippen LogP) is 3.00. The van der Waals surface area contributed by atoms with Crippen molar-refractivity contribution >= 4 is 5.91 Å². The fraction of sp³-hybridized carbons (Fsp3) is 0.350. The summed E-state index contributed by atoms with van der Waals surface area (Å²) in [7, 11) is 0. The van der Waals surface area contributed by atoms with Gasteiger partial charge in [-0.3, -0.25) is 4.79 Å². The third kappa shape index (κ3) is 4.02. The highest BCUT2D eigenvalue weighted by Gasteiger charge is 2.13. The molecule has 1 N–H and O–H groups in total. The van der Waals surface area contributed by atoms with Gasteiger partial charge < -0.3 is 9.84 Å². The lowest BCUT2D eigenvalue weighted by Gasteiger charge is -2.08. The zero-order valence-electron chi connectivity index (χ0n) is 15.7. The number of rotatable bonds is 6. The average Bonchev–Trinajstić information content (AvgIpc) is 3.11. The number of aromatic nitrogens is 3. The van der Waals surface area contributed by atoms with Crippen molar-refractivity contribution in [1.82, 2.24) is 20.3 Å². The highest BCUT2D eigenvalue weighted by atomic mass is 16.5. The zero-order chi connectivity index (χ0) is 18.7. The smallest absolute Gasteiger partial charge is 0.224 e. The average molecular weight is 352 g/mol. The summed E-state index contributed by atoms with van der Waals surface area (Å²) in [5.41, 5.74) is 5.98. The maximum atomic E-state index is 12.1. The minimum absolute atomic E-state index is 0.0151. The van der Waals surface area contributed by atoms with E-state index in [1.165, 1.54) is 5.56 Å². The van der Waals surface area contributed by atoms with Gasteiger partial charge in [0, 0.05) is 17.8 Å². The van der Waals surface area contributed by atoms with E-state index in [1.807, 2.05) is 32.4 Å². The van der Waals surface area contributed by atoms with Crippen molar-refractivity contribution in [2.24, 2.45) is 0 Å². The van der Waals surface area contributed by atoms with Gasteiger partial charge in [0.1, 0.15) is 5.76 Å². The molecule has 0 saturated heterocycles. The molecule has 0 bridgehead atoms. The molecule has 0 radical (unpaired) electrons. The van der Waals surface area contributed by atoms with Gasteiger partial charge in [-0.15, -0.1) is 0 Å². The van der Waals surface area contributed by atoms with E-state index in [0.29, 0.717) is 18.7 Å². The number of carbonyl (C=O) groups excluding carboxylic acids is 1. The van der Waals surface area contributed by atoms with E-state index in [0.717, 1.165) is 34.8 Å². The quantitative estimate of drug-likeness (QED) is 0.740. The summed E-state index contributed by atoms with van der Waals surface area (Å²) in [6.45, 7) is 8.31.